The van der Waals surface area contributed by atoms with E-state index in [0.29, 0.717) is 6.04 Å². The van der Waals surface area contributed by atoms with E-state index in [1.165, 1.54) is 62.5 Å². The van der Waals surface area contributed by atoms with E-state index in [9.17, 15) is 0 Å². The maximum absolute atomic E-state index is 4.85. The van der Waals surface area contributed by atoms with E-state index < -0.39 is 0 Å². The molecule has 3 fully saturated rings. The van der Waals surface area contributed by atoms with Crippen molar-refractivity contribution in [2.24, 2.45) is 10.9 Å². The molecule has 0 aromatic carbocycles. The minimum Gasteiger partial charge on any atom is -0.362 e. The van der Waals surface area contributed by atoms with Crippen LogP contribution in [-0.4, -0.2) is 47.5 Å². The molecule has 0 spiro atoms. The van der Waals surface area contributed by atoms with Gasteiger partial charge in [0.25, 0.3) is 0 Å². The fourth-order valence-corrected chi connectivity index (χ4v) is 4.76. The molecule has 0 radical (unpaired) electrons. The van der Waals surface area contributed by atoms with Crippen LogP contribution in [0.4, 0.5) is 0 Å². The molecule has 2 saturated heterocycles. The number of aliphatic imine (C=N–C) groups is 1. The molecule has 0 bridgehead atoms. The molecule has 2 heterocycles. The predicted octanol–water partition coefficient (Wildman–Crippen LogP) is 2.72. The number of fused-ring (bicyclic) bond motifs is 1. The normalized spacial score (nSPS) is 35.9. The number of hydrogen-bond donors (Lipinski definition) is 1. The van der Waals surface area contributed by atoms with Gasteiger partial charge in [-0.1, -0.05) is 24.6 Å². The number of piperidine rings is 1. The largest absolute Gasteiger partial charge is 0.362 e. The number of thioether (sulfide) groups is 1. The second kappa shape index (κ2) is 6.49. The molecule has 3 atom stereocenters. The van der Waals surface area contributed by atoms with Gasteiger partial charge >= 0.3 is 0 Å². The van der Waals surface area contributed by atoms with Gasteiger partial charge in [0.1, 0.15) is 0 Å². The van der Waals surface area contributed by atoms with E-state index in [2.05, 4.69) is 17.1 Å². The summed E-state index contributed by atoms with van der Waals surface area (Å²) in [6, 6.07) is 1.33. The number of rotatable bonds is 3. The Morgan fingerprint density at radius 2 is 2.11 bits per heavy atom. The molecular formula is C15H27N3S. The van der Waals surface area contributed by atoms with E-state index in [1.54, 1.807) is 0 Å². The number of nitrogens with one attached hydrogen (secondary N) is 1. The van der Waals surface area contributed by atoms with E-state index >= 15 is 0 Å². The average Bonchev–Trinajstić information content (AvgIpc) is 2.93. The van der Waals surface area contributed by atoms with Crippen LogP contribution in [0.15, 0.2) is 4.99 Å². The Labute approximate surface area is 121 Å². The van der Waals surface area contributed by atoms with E-state index in [1.807, 2.05) is 11.8 Å². The van der Waals surface area contributed by atoms with Gasteiger partial charge in [0.05, 0.1) is 6.54 Å². The standard InChI is InChI=1S/C15H27N3S/c1-12(18-8-3-2-4-9-18)10-16-15-17-14-7-5-6-13(14)11-19-15/h12-14H,2-11H2,1H3,(H,16,17). The lowest BCUT2D eigenvalue weighted by Crippen LogP contribution is -2.43. The molecule has 3 nitrogen and oxygen atoms in total. The number of hydrogen-bond acceptors (Lipinski definition) is 3. The van der Waals surface area contributed by atoms with Crippen LogP contribution in [0.2, 0.25) is 0 Å². The summed E-state index contributed by atoms with van der Waals surface area (Å²) in [6.07, 6.45) is 8.34. The molecule has 3 aliphatic rings. The average molecular weight is 281 g/mol. The molecule has 0 aromatic heterocycles. The second-order valence-electron chi connectivity index (χ2n) is 6.34. The maximum Gasteiger partial charge on any atom is 0.156 e. The van der Waals surface area contributed by atoms with Crippen LogP contribution in [0.3, 0.4) is 0 Å². The summed E-state index contributed by atoms with van der Waals surface area (Å²) in [7, 11) is 0. The molecule has 1 aliphatic carbocycles. The number of amidine groups is 1. The van der Waals surface area contributed by atoms with Crippen LogP contribution >= 0.6 is 11.8 Å². The van der Waals surface area contributed by atoms with E-state index in [-0.39, 0.29) is 0 Å². The zero-order chi connectivity index (χ0) is 13.1. The molecule has 19 heavy (non-hydrogen) atoms. The Morgan fingerprint density at radius 3 is 2.95 bits per heavy atom. The van der Waals surface area contributed by atoms with Gasteiger partial charge in [-0.15, -0.1) is 0 Å². The quantitative estimate of drug-likeness (QED) is 0.862. The van der Waals surface area contributed by atoms with Crippen molar-refractivity contribution < 1.29 is 0 Å². The zero-order valence-corrected chi connectivity index (χ0v) is 12.9. The first-order valence-corrected chi connectivity index (χ1v) is 8.99. The highest BCUT2D eigenvalue weighted by molar-refractivity contribution is 8.13. The summed E-state index contributed by atoms with van der Waals surface area (Å²) in [6.45, 7) is 5.85. The molecule has 3 unspecified atom stereocenters. The topological polar surface area (TPSA) is 27.6 Å². The van der Waals surface area contributed by atoms with Crippen LogP contribution in [0.1, 0.15) is 45.4 Å². The summed E-state index contributed by atoms with van der Waals surface area (Å²) >= 11 is 1.95. The molecule has 4 heteroatoms. The van der Waals surface area contributed by atoms with Crippen molar-refractivity contribution in [3.05, 3.63) is 0 Å². The first-order valence-electron chi connectivity index (χ1n) is 8.01. The third-order valence-electron chi connectivity index (χ3n) is 4.92. The van der Waals surface area contributed by atoms with Crippen molar-refractivity contribution >= 4 is 16.9 Å². The summed E-state index contributed by atoms with van der Waals surface area (Å²) in [5.41, 5.74) is 0. The Morgan fingerprint density at radius 1 is 1.26 bits per heavy atom. The molecular weight excluding hydrogens is 254 g/mol. The molecule has 3 rings (SSSR count). The Kier molecular flexibility index (Phi) is 4.69. The SMILES string of the molecule is CC(CN=C1NC2CCCC2CS1)N1CCCCC1. The minimum atomic E-state index is 0.608. The fourth-order valence-electron chi connectivity index (χ4n) is 3.59. The van der Waals surface area contributed by atoms with E-state index in [0.717, 1.165) is 18.5 Å². The van der Waals surface area contributed by atoms with Gasteiger partial charge in [-0.05, 0) is 51.6 Å². The molecule has 1 saturated carbocycles. The van der Waals surface area contributed by atoms with Crippen LogP contribution in [-0.2, 0) is 0 Å². The lowest BCUT2D eigenvalue weighted by molar-refractivity contribution is 0.178. The fraction of sp³-hybridized carbons (Fsp3) is 0.933. The van der Waals surface area contributed by atoms with Crippen LogP contribution in [0.25, 0.3) is 0 Å². The van der Waals surface area contributed by atoms with Gasteiger partial charge < -0.3 is 5.32 Å². The van der Waals surface area contributed by atoms with Gasteiger partial charge in [0.15, 0.2) is 5.17 Å². The van der Waals surface area contributed by atoms with Crippen LogP contribution in [0.5, 0.6) is 0 Å². The summed E-state index contributed by atoms with van der Waals surface area (Å²) in [5, 5.41) is 4.88. The molecule has 2 aliphatic heterocycles. The Hall–Kier alpha value is -0.220. The second-order valence-corrected chi connectivity index (χ2v) is 7.35. The smallest absolute Gasteiger partial charge is 0.156 e. The lowest BCUT2D eigenvalue weighted by atomic mass is 10.1. The lowest BCUT2D eigenvalue weighted by Gasteiger charge is -2.32. The van der Waals surface area contributed by atoms with E-state index in [4.69, 9.17) is 4.99 Å². The number of nitrogens with zero attached hydrogens (tertiary/aromatic N) is 2. The first-order chi connectivity index (χ1) is 9.33. The maximum atomic E-state index is 4.85. The van der Waals surface area contributed by atoms with Crippen molar-refractivity contribution in [1.82, 2.24) is 10.2 Å². The highest BCUT2D eigenvalue weighted by Gasteiger charge is 2.32. The van der Waals surface area contributed by atoms with Crippen molar-refractivity contribution in [3.8, 4) is 0 Å². The molecule has 108 valence electrons. The highest BCUT2D eigenvalue weighted by atomic mass is 32.2. The summed E-state index contributed by atoms with van der Waals surface area (Å²) < 4.78 is 0. The molecule has 1 N–H and O–H groups in total. The van der Waals surface area contributed by atoms with Crippen molar-refractivity contribution in [2.75, 3.05) is 25.4 Å². The van der Waals surface area contributed by atoms with Crippen LogP contribution in [0, 0.1) is 5.92 Å². The summed E-state index contributed by atoms with van der Waals surface area (Å²) in [4.78, 5) is 7.46. The zero-order valence-electron chi connectivity index (χ0n) is 12.1. The third kappa shape index (κ3) is 3.46. The van der Waals surface area contributed by atoms with Gasteiger partial charge in [0.2, 0.25) is 0 Å². The van der Waals surface area contributed by atoms with Gasteiger partial charge in [-0.25, -0.2) is 0 Å². The number of likely N-dealkylation sites (tertiary alicyclic amines) is 1. The first kappa shape index (κ1) is 13.7. The Bertz CT molecular complexity index is 325. The third-order valence-corrected chi connectivity index (χ3v) is 6.03. The monoisotopic (exact) mass is 281 g/mol. The Balaban J connectivity index is 1.48. The van der Waals surface area contributed by atoms with Crippen molar-refractivity contribution in [2.45, 2.75) is 57.5 Å². The summed E-state index contributed by atoms with van der Waals surface area (Å²) in [5.74, 6) is 2.19. The predicted molar refractivity (Wildman–Crippen MR) is 83.9 cm³/mol. The van der Waals surface area contributed by atoms with Crippen molar-refractivity contribution in [3.63, 3.8) is 0 Å². The van der Waals surface area contributed by atoms with Crippen molar-refractivity contribution in [1.29, 1.82) is 0 Å². The molecule has 0 amide bonds. The van der Waals surface area contributed by atoms with Gasteiger partial charge in [-0.2, -0.15) is 0 Å². The minimum absolute atomic E-state index is 0.608. The van der Waals surface area contributed by atoms with Crippen LogP contribution < -0.4 is 5.32 Å². The highest BCUT2D eigenvalue weighted by Crippen LogP contribution is 2.32. The molecule has 0 aromatic rings. The van der Waals surface area contributed by atoms with Gasteiger partial charge in [-0.3, -0.25) is 9.89 Å². The van der Waals surface area contributed by atoms with Gasteiger partial charge in [0, 0.05) is 17.8 Å².